The fourth-order valence-corrected chi connectivity index (χ4v) is 4.20. The smallest absolute Gasteiger partial charge is 0.315 e. The molecule has 1 aliphatic rings. The molecule has 0 aliphatic carbocycles. The molecule has 1 aliphatic heterocycles. The average Bonchev–Trinajstić information content (AvgIpc) is 2.65. The summed E-state index contributed by atoms with van der Waals surface area (Å²) in [6, 6.07) is 15.1. The molecule has 2 aromatic rings. The molecule has 3 rings (SSSR count). The van der Waals surface area contributed by atoms with Gasteiger partial charge in [-0.25, -0.2) is 0 Å². The Balaban J connectivity index is 2.07. The summed E-state index contributed by atoms with van der Waals surface area (Å²) >= 11 is 3.52. The number of carboxylic acid groups (broad SMARTS) is 1. The number of rotatable bonds is 5. The summed E-state index contributed by atoms with van der Waals surface area (Å²) in [5.41, 5.74) is 1.31. The van der Waals surface area contributed by atoms with Crippen LogP contribution in [0, 0.1) is 5.92 Å². The van der Waals surface area contributed by atoms with Gasteiger partial charge in [-0.3, -0.25) is 19.3 Å². The lowest BCUT2D eigenvalue weighted by molar-refractivity contribution is -0.152. The van der Waals surface area contributed by atoms with Crippen LogP contribution < -0.4 is 0 Å². The van der Waals surface area contributed by atoms with Gasteiger partial charge in [0.25, 0.3) is 0 Å². The third-order valence-corrected chi connectivity index (χ3v) is 5.80. The summed E-state index contributed by atoms with van der Waals surface area (Å²) in [6.07, 6.45) is 0.115. The number of benzene rings is 2. The van der Waals surface area contributed by atoms with E-state index >= 15 is 0 Å². The van der Waals surface area contributed by atoms with Gasteiger partial charge in [0.1, 0.15) is 17.7 Å². The summed E-state index contributed by atoms with van der Waals surface area (Å²) in [6.45, 7) is 2.05. The van der Waals surface area contributed by atoms with Gasteiger partial charge in [0.2, 0.25) is 0 Å². The monoisotopic (exact) mass is 429 g/mol. The number of aliphatic carboxylic acids is 1. The van der Waals surface area contributed by atoms with E-state index in [1.807, 2.05) is 35.2 Å². The number of carbonyl (C=O) groups is 3. The summed E-state index contributed by atoms with van der Waals surface area (Å²) in [5, 5.41) is 9.52. The fraction of sp³-hybridized carbons (Fsp3) is 0.286. The molecule has 0 amide bonds. The number of Topliss-reactive ketones (excluding diaryl/α,β-unsaturated/α-hetero) is 2. The van der Waals surface area contributed by atoms with Crippen molar-refractivity contribution >= 4 is 33.5 Å². The molecule has 3 atom stereocenters. The fourth-order valence-electron chi connectivity index (χ4n) is 3.69. The van der Waals surface area contributed by atoms with Crippen LogP contribution in [0.3, 0.4) is 0 Å². The Bertz CT molecular complexity index is 867. The lowest BCUT2D eigenvalue weighted by Gasteiger charge is -2.41. The number of hydrogen-bond donors (Lipinski definition) is 1. The number of likely N-dealkylation sites (tertiary alicyclic amines) is 1. The molecule has 1 heterocycles. The maximum Gasteiger partial charge on any atom is 0.315 e. The van der Waals surface area contributed by atoms with Crippen LogP contribution in [0.2, 0.25) is 0 Å². The molecule has 5 nitrogen and oxygen atoms in total. The molecule has 1 saturated heterocycles. The van der Waals surface area contributed by atoms with Crippen molar-refractivity contribution in [3.05, 3.63) is 70.2 Å². The Labute approximate surface area is 166 Å². The maximum atomic E-state index is 13.4. The van der Waals surface area contributed by atoms with Gasteiger partial charge in [-0.2, -0.15) is 0 Å². The predicted molar refractivity (Wildman–Crippen MR) is 105 cm³/mol. The highest BCUT2D eigenvalue weighted by Gasteiger charge is 2.44. The Morgan fingerprint density at radius 3 is 2.37 bits per heavy atom. The highest BCUT2D eigenvalue weighted by atomic mass is 79.9. The molecular formula is C21H20BrNO4. The molecule has 0 bridgehead atoms. The van der Waals surface area contributed by atoms with Gasteiger partial charge in [0, 0.05) is 29.0 Å². The summed E-state index contributed by atoms with van der Waals surface area (Å²) < 4.78 is 0.773. The molecular weight excluding hydrogens is 410 g/mol. The molecule has 1 N–H and O–H groups in total. The van der Waals surface area contributed by atoms with E-state index in [0.29, 0.717) is 12.1 Å². The molecule has 2 aromatic carbocycles. The molecule has 0 spiro atoms. The van der Waals surface area contributed by atoms with Crippen LogP contribution in [0.25, 0.3) is 0 Å². The highest BCUT2D eigenvalue weighted by molar-refractivity contribution is 9.10. The van der Waals surface area contributed by atoms with Crippen LogP contribution in [0.4, 0.5) is 0 Å². The van der Waals surface area contributed by atoms with Crippen LogP contribution in [0.5, 0.6) is 0 Å². The Hall–Kier alpha value is -2.31. The second-order valence-electron chi connectivity index (χ2n) is 6.66. The van der Waals surface area contributed by atoms with Crippen molar-refractivity contribution in [3.63, 3.8) is 0 Å². The van der Waals surface area contributed by atoms with E-state index in [0.717, 1.165) is 10.0 Å². The van der Waals surface area contributed by atoms with Gasteiger partial charge in [-0.1, -0.05) is 64.5 Å². The number of carbonyl (C=O) groups excluding carboxylic acids is 2. The quantitative estimate of drug-likeness (QED) is 0.578. The number of halogens is 1. The lowest BCUT2D eigenvalue weighted by Crippen LogP contribution is -2.53. The van der Waals surface area contributed by atoms with Crippen molar-refractivity contribution in [2.45, 2.75) is 25.4 Å². The Morgan fingerprint density at radius 1 is 1.11 bits per heavy atom. The van der Waals surface area contributed by atoms with Crippen LogP contribution in [0.1, 0.15) is 35.3 Å². The van der Waals surface area contributed by atoms with E-state index in [4.69, 9.17) is 0 Å². The highest BCUT2D eigenvalue weighted by Crippen LogP contribution is 2.36. The van der Waals surface area contributed by atoms with Crippen molar-refractivity contribution in [1.29, 1.82) is 0 Å². The standard InChI is InChI=1S/C21H20BrNO4/c1-13-18(21(26)27)17(24)11-12-23(13)19(15-9-5-6-10-16(15)22)20(25)14-7-3-2-4-8-14/h2-10,13,18-19H,11-12H2,1H3,(H,26,27). The Kier molecular flexibility index (Phi) is 5.87. The molecule has 0 saturated carbocycles. The largest absolute Gasteiger partial charge is 0.481 e. The van der Waals surface area contributed by atoms with Gasteiger partial charge in [0.15, 0.2) is 5.78 Å². The zero-order valence-electron chi connectivity index (χ0n) is 14.8. The lowest BCUT2D eigenvalue weighted by atomic mass is 9.85. The van der Waals surface area contributed by atoms with Crippen molar-refractivity contribution in [1.82, 2.24) is 4.90 Å². The average molecular weight is 430 g/mol. The van der Waals surface area contributed by atoms with Crippen LogP contribution in [-0.2, 0) is 9.59 Å². The number of nitrogens with zero attached hydrogens (tertiary/aromatic N) is 1. The minimum Gasteiger partial charge on any atom is -0.481 e. The van der Waals surface area contributed by atoms with E-state index < -0.39 is 24.0 Å². The molecule has 0 radical (unpaired) electrons. The van der Waals surface area contributed by atoms with E-state index in [9.17, 15) is 19.5 Å². The molecule has 0 aromatic heterocycles. The van der Waals surface area contributed by atoms with E-state index in [1.165, 1.54) is 0 Å². The predicted octanol–water partition coefficient (Wildman–Crippen LogP) is 3.74. The molecule has 6 heteroatoms. The van der Waals surface area contributed by atoms with Gasteiger partial charge in [-0.15, -0.1) is 0 Å². The van der Waals surface area contributed by atoms with Gasteiger partial charge < -0.3 is 5.11 Å². The minimum absolute atomic E-state index is 0.115. The van der Waals surface area contributed by atoms with Gasteiger partial charge in [0.05, 0.1) is 0 Å². The number of piperidine rings is 1. The van der Waals surface area contributed by atoms with E-state index in [2.05, 4.69) is 15.9 Å². The van der Waals surface area contributed by atoms with Crippen LogP contribution in [0.15, 0.2) is 59.1 Å². The maximum absolute atomic E-state index is 13.4. The molecule has 27 heavy (non-hydrogen) atoms. The van der Waals surface area contributed by atoms with Crippen molar-refractivity contribution in [2.75, 3.05) is 6.54 Å². The second kappa shape index (κ2) is 8.15. The first-order valence-corrected chi connectivity index (χ1v) is 9.56. The number of ketones is 2. The van der Waals surface area contributed by atoms with Crippen molar-refractivity contribution in [2.24, 2.45) is 5.92 Å². The number of hydrogen-bond acceptors (Lipinski definition) is 4. The van der Waals surface area contributed by atoms with Crippen LogP contribution in [-0.4, -0.2) is 40.1 Å². The molecule has 1 fully saturated rings. The first-order chi connectivity index (χ1) is 12.9. The van der Waals surface area contributed by atoms with E-state index in [1.54, 1.807) is 31.2 Å². The Morgan fingerprint density at radius 2 is 1.74 bits per heavy atom. The normalized spacial score (nSPS) is 21.6. The third-order valence-electron chi connectivity index (χ3n) is 5.07. The topological polar surface area (TPSA) is 74.7 Å². The summed E-state index contributed by atoms with van der Waals surface area (Å²) in [4.78, 5) is 39.0. The second-order valence-corrected chi connectivity index (χ2v) is 7.52. The molecule has 140 valence electrons. The first-order valence-electron chi connectivity index (χ1n) is 8.76. The van der Waals surface area contributed by atoms with E-state index in [-0.39, 0.29) is 18.0 Å². The van der Waals surface area contributed by atoms with Gasteiger partial charge in [-0.05, 0) is 18.6 Å². The zero-order valence-corrected chi connectivity index (χ0v) is 16.4. The zero-order chi connectivity index (χ0) is 19.6. The summed E-state index contributed by atoms with van der Waals surface area (Å²) in [5.74, 6) is -2.68. The van der Waals surface area contributed by atoms with Crippen LogP contribution >= 0.6 is 15.9 Å². The van der Waals surface area contributed by atoms with Crippen molar-refractivity contribution < 1.29 is 19.5 Å². The SMILES string of the molecule is CC1C(C(=O)O)C(=O)CCN1C(C(=O)c1ccccc1)c1ccccc1Br. The minimum atomic E-state index is -1.14. The molecule has 3 unspecified atom stereocenters. The van der Waals surface area contributed by atoms with Crippen molar-refractivity contribution in [3.8, 4) is 0 Å². The first kappa shape index (κ1) is 19.5. The summed E-state index contributed by atoms with van der Waals surface area (Å²) in [7, 11) is 0. The van der Waals surface area contributed by atoms with Gasteiger partial charge >= 0.3 is 5.97 Å². The third kappa shape index (κ3) is 3.87. The number of carboxylic acids is 1.